The van der Waals surface area contributed by atoms with Crippen molar-refractivity contribution >= 4 is 0 Å². The van der Waals surface area contributed by atoms with Crippen molar-refractivity contribution < 1.29 is 49.5 Å². The highest BCUT2D eigenvalue weighted by molar-refractivity contribution is 5.01. The number of hydrogen-bond donors (Lipinski definition) is 0. The predicted molar refractivity (Wildman–Crippen MR) is 71.2 cm³/mol. The van der Waals surface area contributed by atoms with E-state index in [4.69, 9.17) is 0 Å². The molecule has 0 amide bonds. The van der Waals surface area contributed by atoms with Crippen molar-refractivity contribution in [3.8, 4) is 0 Å². The molecule has 0 saturated carbocycles. The molecule has 0 aromatic carbocycles. The normalized spacial score (nSPS) is 11.0. The first-order valence-corrected chi connectivity index (χ1v) is 6.19. The Kier molecular flexibility index (Phi) is 7.87. The Morgan fingerprint density at radius 2 is 0.643 bits per heavy atom. The van der Waals surface area contributed by atoms with Gasteiger partial charge in [-0.2, -0.15) is 0 Å². The van der Waals surface area contributed by atoms with Crippen LogP contribution in [0.15, 0.2) is 0 Å². The maximum absolute atomic E-state index is 11.5. The summed E-state index contributed by atoms with van der Waals surface area (Å²) in [6.07, 6.45) is 0. The lowest BCUT2D eigenvalue weighted by atomic mass is 9.79. The van der Waals surface area contributed by atoms with Gasteiger partial charge in [-0.05, 0) is 0 Å². The van der Waals surface area contributed by atoms with Gasteiger partial charge in [0.2, 0.25) is 0 Å². The minimum atomic E-state index is -3.69. The van der Waals surface area contributed by atoms with Crippen LogP contribution in [0.4, 0.5) is 0 Å². The minimum absolute atomic E-state index is 1.68. The Bertz CT molecular complexity index is 570. The minimum Gasteiger partial charge on any atom is -0.306 e. The van der Waals surface area contributed by atoms with Crippen molar-refractivity contribution in [3.63, 3.8) is 0 Å². The molecule has 158 valence electrons. The van der Waals surface area contributed by atoms with Gasteiger partial charge in [-0.15, -0.1) is 40.5 Å². The van der Waals surface area contributed by atoms with Gasteiger partial charge in [0.05, 0.1) is 0 Å². The molecule has 0 saturated heterocycles. The molecule has 0 N–H and O–H groups in total. The molecule has 22 heteroatoms. The first-order chi connectivity index (χ1) is 12.8. The highest BCUT2D eigenvalue weighted by atomic mass is 17.0. The number of nitro groups is 2. The van der Waals surface area contributed by atoms with Gasteiger partial charge in [0.15, 0.2) is 26.4 Å². The molecule has 0 aliphatic carbocycles. The summed E-state index contributed by atoms with van der Waals surface area (Å²) in [6.45, 7) is -7.82. The molecule has 0 atom stereocenters. The molecule has 0 unspecified atom stereocenters. The molecule has 0 aliphatic rings. The SMILES string of the molecule is O=[N+]([O-])OCC(CO[N+](=O)[O-])([N+](=O)[O-])C(CO[N+](=O)[O-])(CO[N+](=O)[O-])[N+](=O)[O-]. The highest BCUT2D eigenvalue weighted by Gasteiger charge is 2.74. The molecule has 0 fully saturated rings. The van der Waals surface area contributed by atoms with E-state index < -0.39 is 67.7 Å². The monoisotopic (exact) mass is 420 g/mol. The summed E-state index contributed by atoms with van der Waals surface area (Å²) in [4.78, 5) is 75.9. The molecular weight excluding hydrogens is 412 g/mol. The van der Waals surface area contributed by atoms with Crippen LogP contribution in [0.3, 0.4) is 0 Å². The van der Waals surface area contributed by atoms with E-state index in [1.807, 2.05) is 0 Å². The lowest BCUT2D eigenvalue weighted by molar-refractivity contribution is -0.823. The van der Waals surface area contributed by atoms with Crippen LogP contribution in [0.5, 0.6) is 0 Å². The van der Waals surface area contributed by atoms with Crippen molar-refractivity contribution in [2.75, 3.05) is 26.4 Å². The van der Waals surface area contributed by atoms with Crippen molar-refractivity contribution in [1.82, 2.24) is 0 Å². The molecule has 0 aliphatic heterocycles. The molecule has 28 heavy (non-hydrogen) atoms. The molecule has 0 rings (SSSR count). The average molecular weight is 420 g/mol. The lowest BCUT2D eigenvalue weighted by Crippen LogP contribution is -2.72. The highest BCUT2D eigenvalue weighted by Crippen LogP contribution is 2.32. The van der Waals surface area contributed by atoms with Gasteiger partial charge in [0, 0.05) is 9.85 Å². The Morgan fingerprint density at radius 3 is 0.750 bits per heavy atom. The average Bonchev–Trinajstić information content (AvgIpc) is 2.54. The van der Waals surface area contributed by atoms with Crippen LogP contribution in [0.25, 0.3) is 0 Å². The standard InChI is InChI=1S/C6H8N6O16/c13-7(14)5(1-25-9(17)18,2-26-10(19)20)6(8(15)16,3-27-11(21)22)4-28-12(23)24/h1-4H2. The molecule has 0 radical (unpaired) electrons. The molecule has 0 aromatic heterocycles. The van der Waals surface area contributed by atoms with Crippen molar-refractivity contribution in [2.24, 2.45) is 0 Å². The van der Waals surface area contributed by atoms with Gasteiger partial charge < -0.3 is 19.4 Å². The summed E-state index contributed by atoms with van der Waals surface area (Å²) in [5, 5.41) is 57.8. The van der Waals surface area contributed by atoms with Gasteiger partial charge in [-0.25, -0.2) is 0 Å². The fourth-order valence-corrected chi connectivity index (χ4v) is 1.81. The zero-order chi connectivity index (χ0) is 22.1. The largest absolute Gasteiger partial charge is 0.340 e. The van der Waals surface area contributed by atoms with Crippen LogP contribution in [0.2, 0.25) is 0 Å². The third-order valence-corrected chi connectivity index (χ3v) is 3.20. The van der Waals surface area contributed by atoms with Gasteiger partial charge in [0.1, 0.15) is 0 Å². The second kappa shape index (κ2) is 9.34. The summed E-state index contributed by atoms with van der Waals surface area (Å²) in [5.41, 5.74) is -7.38. The van der Waals surface area contributed by atoms with E-state index in [2.05, 4.69) is 19.4 Å². The number of rotatable bonds is 15. The van der Waals surface area contributed by atoms with E-state index in [-0.39, 0.29) is 0 Å². The molecular formula is C6H8N6O16. The van der Waals surface area contributed by atoms with Crippen LogP contribution >= 0.6 is 0 Å². The van der Waals surface area contributed by atoms with E-state index in [1.165, 1.54) is 0 Å². The number of nitrogens with zero attached hydrogens (tertiary/aromatic N) is 6. The first-order valence-electron chi connectivity index (χ1n) is 6.19. The van der Waals surface area contributed by atoms with Gasteiger partial charge >= 0.3 is 11.1 Å². The summed E-state index contributed by atoms with van der Waals surface area (Å²) < 4.78 is 0. The van der Waals surface area contributed by atoms with Crippen LogP contribution in [0.1, 0.15) is 0 Å². The summed E-state index contributed by atoms with van der Waals surface area (Å²) in [7, 11) is 0. The van der Waals surface area contributed by atoms with Crippen LogP contribution in [-0.2, 0) is 19.4 Å². The zero-order valence-electron chi connectivity index (χ0n) is 13.0. The second-order valence-electron chi connectivity index (χ2n) is 4.57. The summed E-state index contributed by atoms with van der Waals surface area (Å²) in [6, 6.07) is 0. The van der Waals surface area contributed by atoms with Crippen molar-refractivity contribution in [2.45, 2.75) is 11.1 Å². The van der Waals surface area contributed by atoms with Gasteiger partial charge in [-0.3, -0.25) is 20.2 Å². The van der Waals surface area contributed by atoms with E-state index in [9.17, 15) is 60.7 Å². The van der Waals surface area contributed by atoms with E-state index in [0.29, 0.717) is 0 Å². The maximum atomic E-state index is 11.5. The quantitative estimate of drug-likeness (QED) is 0.201. The van der Waals surface area contributed by atoms with E-state index in [0.717, 1.165) is 0 Å². The Balaban J connectivity index is 6.60. The third-order valence-electron chi connectivity index (χ3n) is 3.20. The van der Waals surface area contributed by atoms with Crippen LogP contribution < -0.4 is 0 Å². The molecule has 0 aromatic rings. The fourth-order valence-electron chi connectivity index (χ4n) is 1.81. The predicted octanol–water partition coefficient (Wildman–Crippen LogP) is -2.15. The topological polar surface area (TPSA) is 296 Å². The van der Waals surface area contributed by atoms with Gasteiger partial charge in [0.25, 0.3) is 20.3 Å². The van der Waals surface area contributed by atoms with E-state index >= 15 is 0 Å². The number of hydrogen-bond acceptors (Lipinski definition) is 16. The van der Waals surface area contributed by atoms with Crippen LogP contribution in [0, 0.1) is 60.7 Å². The Morgan fingerprint density at radius 1 is 0.464 bits per heavy atom. The van der Waals surface area contributed by atoms with E-state index in [1.54, 1.807) is 0 Å². The third kappa shape index (κ3) is 5.56. The molecule has 0 bridgehead atoms. The fraction of sp³-hybridized carbons (Fsp3) is 1.00. The second-order valence-corrected chi connectivity index (χ2v) is 4.57. The summed E-state index contributed by atoms with van der Waals surface area (Å²) >= 11 is 0. The first kappa shape index (κ1) is 23.6. The molecule has 22 nitrogen and oxygen atoms in total. The Hall–Kier alpha value is -4.40. The molecule has 0 spiro atoms. The lowest BCUT2D eigenvalue weighted by Gasteiger charge is -2.34. The molecule has 0 heterocycles. The van der Waals surface area contributed by atoms with Crippen LogP contribution in [-0.4, -0.2) is 67.7 Å². The Labute approximate surface area is 149 Å². The van der Waals surface area contributed by atoms with Crippen molar-refractivity contribution in [1.29, 1.82) is 0 Å². The van der Waals surface area contributed by atoms with Crippen molar-refractivity contribution in [3.05, 3.63) is 60.7 Å². The maximum Gasteiger partial charge on any atom is 0.340 e. The smallest absolute Gasteiger partial charge is 0.306 e. The van der Waals surface area contributed by atoms with Gasteiger partial charge in [-0.1, -0.05) is 0 Å². The zero-order valence-corrected chi connectivity index (χ0v) is 13.0. The summed E-state index contributed by atoms with van der Waals surface area (Å²) in [5.74, 6) is 0.